The second-order valence-corrected chi connectivity index (χ2v) is 4.73. The maximum absolute atomic E-state index is 11.5. The highest BCUT2D eigenvalue weighted by molar-refractivity contribution is 9.11. The van der Waals surface area contributed by atoms with Crippen LogP contribution >= 0.6 is 31.9 Å². The largest absolute Gasteiger partial charge is 0.313 e. The molecule has 1 rings (SSSR count). The number of hydrogen-bond donors (Lipinski definition) is 0. The van der Waals surface area contributed by atoms with E-state index >= 15 is 0 Å². The van der Waals surface area contributed by atoms with E-state index in [9.17, 15) is 9.59 Å². The molecule has 0 saturated carbocycles. The van der Waals surface area contributed by atoms with Crippen LogP contribution in [0.25, 0.3) is 0 Å². The number of nitrogens with zero attached hydrogens (tertiary/aromatic N) is 1. The van der Waals surface area contributed by atoms with Gasteiger partial charge in [0.15, 0.2) is 0 Å². The lowest BCUT2D eigenvalue weighted by molar-refractivity contribution is -0.117. The van der Waals surface area contributed by atoms with Gasteiger partial charge in [0.05, 0.1) is 4.47 Å². The molecule has 3 nitrogen and oxygen atoms in total. The van der Waals surface area contributed by atoms with Crippen molar-refractivity contribution < 1.29 is 4.79 Å². The van der Waals surface area contributed by atoms with Gasteiger partial charge < -0.3 is 4.57 Å². The molecule has 0 N–H and O–H groups in total. The van der Waals surface area contributed by atoms with Gasteiger partial charge in [-0.3, -0.25) is 9.59 Å². The number of aryl methyl sites for hydroxylation is 1. The van der Waals surface area contributed by atoms with E-state index in [0.29, 0.717) is 17.4 Å². The van der Waals surface area contributed by atoms with Gasteiger partial charge in [-0.15, -0.1) is 0 Å². The lowest BCUT2D eigenvalue weighted by atomic mass is 10.3. The summed E-state index contributed by atoms with van der Waals surface area (Å²) in [7, 11) is 0. The molecule has 0 saturated heterocycles. The first kappa shape index (κ1) is 11.7. The molecule has 1 aromatic rings. The molecular weight excluding hydrogens is 314 g/mol. The van der Waals surface area contributed by atoms with Crippen LogP contribution in [0.1, 0.15) is 13.3 Å². The first-order valence-electron chi connectivity index (χ1n) is 4.05. The summed E-state index contributed by atoms with van der Waals surface area (Å²) >= 11 is 6.44. The van der Waals surface area contributed by atoms with Crippen molar-refractivity contribution in [2.45, 2.75) is 19.9 Å². The van der Waals surface area contributed by atoms with Gasteiger partial charge >= 0.3 is 0 Å². The maximum Gasteiger partial charge on any atom is 0.264 e. The average Bonchev–Trinajstić information content (AvgIpc) is 2.08. The van der Waals surface area contributed by atoms with Crippen molar-refractivity contribution in [3.8, 4) is 0 Å². The van der Waals surface area contributed by atoms with Crippen molar-refractivity contribution in [3.05, 3.63) is 31.6 Å². The van der Waals surface area contributed by atoms with Crippen LogP contribution in [-0.4, -0.2) is 10.4 Å². The van der Waals surface area contributed by atoms with E-state index in [-0.39, 0.29) is 11.3 Å². The highest BCUT2D eigenvalue weighted by Crippen LogP contribution is 2.12. The van der Waals surface area contributed by atoms with Gasteiger partial charge in [0.2, 0.25) is 0 Å². The van der Waals surface area contributed by atoms with Crippen LogP contribution in [0.5, 0.6) is 0 Å². The first-order chi connectivity index (χ1) is 6.50. The Morgan fingerprint density at radius 3 is 2.71 bits per heavy atom. The Hall–Kier alpha value is -0.420. The van der Waals surface area contributed by atoms with Crippen molar-refractivity contribution in [1.29, 1.82) is 0 Å². The molecular formula is C9H9Br2NO2. The Bertz CT molecular complexity index is 412. The zero-order chi connectivity index (χ0) is 10.7. The molecule has 0 spiro atoms. The van der Waals surface area contributed by atoms with Crippen molar-refractivity contribution in [3.63, 3.8) is 0 Å². The Kier molecular flexibility index (Phi) is 4.07. The molecule has 0 aliphatic rings. The number of rotatable bonds is 3. The van der Waals surface area contributed by atoms with Crippen molar-refractivity contribution in [1.82, 2.24) is 4.57 Å². The number of halogens is 2. The van der Waals surface area contributed by atoms with Gasteiger partial charge in [0.25, 0.3) is 5.56 Å². The number of Topliss-reactive ketones (excluding diaryl/α,β-unsaturated/α-hetero) is 1. The van der Waals surface area contributed by atoms with Gasteiger partial charge in [-0.05, 0) is 44.8 Å². The zero-order valence-corrected chi connectivity index (χ0v) is 10.8. The monoisotopic (exact) mass is 321 g/mol. The molecule has 14 heavy (non-hydrogen) atoms. The molecule has 0 bridgehead atoms. The summed E-state index contributed by atoms with van der Waals surface area (Å²) in [4.78, 5) is 22.3. The summed E-state index contributed by atoms with van der Waals surface area (Å²) in [5.74, 6) is 0.0768. The van der Waals surface area contributed by atoms with E-state index in [1.54, 1.807) is 12.3 Å². The minimum absolute atomic E-state index is 0.0768. The van der Waals surface area contributed by atoms with E-state index in [1.807, 2.05) is 0 Å². The van der Waals surface area contributed by atoms with Crippen LogP contribution in [0.4, 0.5) is 0 Å². The fourth-order valence-electron chi connectivity index (χ4n) is 1.01. The van der Waals surface area contributed by atoms with Gasteiger partial charge in [0, 0.05) is 23.6 Å². The molecule has 1 aromatic heterocycles. The Morgan fingerprint density at radius 2 is 2.14 bits per heavy atom. The topological polar surface area (TPSA) is 39.1 Å². The molecule has 0 aliphatic heterocycles. The van der Waals surface area contributed by atoms with Crippen LogP contribution in [0.15, 0.2) is 26.0 Å². The normalized spacial score (nSPS) is 10.2. The summed E-state index contributed by atoms with van der Waals surface area (Å²) in [6.07, 6.45) is 2.05. The summed E-state index contributed by atoms with van der Waals surface area (Å²) in [6, 6.07) is 1.69. The fraction of sp³-hybridized carbons (Fsp3) is 0.333. The Balaban J connectivity index is 2.97. The third-order valence-corrected chi connectivity index (χ3v) is 2.72. The molecule has 0 radical (unpaired) electrons. The minimum atomic E-state index is -0.116. The predicted molar refractivity (Wildman–Crippen MR) is 61.4 cm³/mol. The molecule has 1 heterocycles. The lowest BCUT2D eigenvalue weighted by Gasteiger charge is -2.05. The quantitative estimate of drug-likeness (QED) is 0.857. The number of carbonyl (C=O) groups is 1. The van der Waals surface area contributed by atoms with Crippen LogP contribution in [0.2, 0.25) is 0 Å². The van der Waals surface area contributed by atoms with Gasteiger partial charge in [-0.25, -0.2) is 0 Å². The fourth-order valence-corrected chi connectivity index (χ4v) is 2.27. The van der Waals surface area contributed by atoms with Crippen LogP contribution in [0.3, 0.4) is 0 Å². The SMILES string of the molecule is CC(=O)CCn1cc(Br)cc(Br)c1=O. The zero-order valence-electron chi connectivity index (χ0n) is 7.59. The number of hydrogen-bond acceptors (Lipinski definition) is 2. The molecule has 0 aliphatic carbocycles. The molecule has 76 valence electrons. The predicted octanol–water partition coefficient (Wildman–Crippen LogP) is 2.35. The Labute approximate surface area is 98.4 Å². The molecule has 0 unspecified atom stereocenters. The number of aromatic nitrogens is 1. The van der Waals surface area contributed by atoms with Gasteiger partial charge in [0.1, 0.15) is 5.78 Å². The van der Waals surface area contributed by atoms with Crippen LogP contribution in [0, 0.1) is 0 Å². The second-order valence-electron chi connectivity index (χ2n) is 2.96. The van der Waals surface area contributed by atoms with Gasteiger partial charge in [-0.2, -0.15) is 0 Å². The van der Waals surface area contributed by atoms with Crippen LogP contribution < -0.4 is 5.56 Å². The van der Waals surface area contributed by atoms with E-state index in [2.05, 4.69) is 31.9 Å². The third-order valence-electron chi connectivity index (χ3n) is 1.71. The van der Waals surface area contributed by atoms with E-state index < -0.39 is 0 Å². The third kappa shape index (κ3) is 3.06. The molecule has 5 heteroatoms. The second kappa shape index (κ2) is 4.89. The summed E-state index contributed by atoms with van der Waals surface area (Å²) in [5.41, 5.74) is -0.116. The van der Waals surface area contributed by atoms with E-state index in [0.717, 1.165) is 4.47 Å². The van der Waals surface area contributed by atoms with Crippen molar-refractivity contribution >= 4 is 37.6 Å². The van der Waals surface area contributed by atoms with Gasteiger partial charge in [-0.1, -0.05) is 0 Å². The number of pyridine rings is 1. The van der Waals surface area contributed by atoms with Crippen molar-refractivity contribution in [2.24, 2.45) is 0 Å². The van der Waals surface area contributed by atoms with Crippen LogP contribution in [-0.2, 0) is 11.3 Å². The molecule has 0 fully saturated rings. The summed E-state index contributed by atoms with van der Waals surface area (Å²) in [6.45, 7) is 1.93. The standard InChI is InChI=1S/C9H9Br2NO2/c1-6(13)2-3-12-5-7(10)4-8(11)9(12)14/h4-5H,2-3H2,1H3. The number of ketones is 1. The summed E-state index contributed by atoms with van der Waals surface area (Å²) < 4.78 is 2.82. The van der Waals surface area contributed by atoms with E-state index in [4.69, 9.17) is 0 Å². The average molecular weight is 323 g/mol. The minimum Gasteiger partial charge on any atom is -0.313 e. The summed E-state index contributed by atoms with van der Waals surface area (Å²) in [5, 5.41) is 0. The molecule has 0 amide bonds. The molecule has 0 atom stereocenters. The molecule has 0 aromatic carbocycles. The smallest absolute Gasteiger partial charge is 0.264 e. The number of carbonyl (C=O) groups excluding carboxylic acids is 1. The lowest BCUT2D eigenvalue weighted by Crippen LogP contribution is -2.21. The van der Waals surface area contributed by atoms with E-state index in [1.165, 1.54) is 11.5 Å². The van der Waals surface area contributed by atoms with Crippen molar-refractivity contribution in [2.75, 3.05) is 0 Å². The Morgan fingerprint density at radius 1 is 1.50 bits per heavy atom. The highest BCUT2D eigenvalue weighted by atomic mass is 79.9. The first-order valence-corrected chi connectivity index (χ1v) is 5.64. The highest BCUT2D eigenvalue weighted by Gasteiger charge is 2.03. The maximum atomic E-state index is 11.5.